The number of rotatable bonds is 6. The van der Waals surface area contributed by atoms with E-state index in [9.17, 15) is 18.0 Å². The number of nitrogens with one attached hydrogen (secondary N) is 2. The Morgan fingerprint density at radius 2 is 2.10 bits per heavy atom. The summed E-state index contributed by atoms with van der Waals surface area (Å²) >= 11 is 0. The number of aromatic nitrogens is 4. The second kappa shape index (κ2) is 6.68. The average molecular weight is 418 g/mol. The molecule has 0 aromatic carbocycles. The van der Waals surface area contributed by atoms with Gasteiger partial charge < -0.3 is 15.4 Å². The van der Waals surface area contributed by atoms with Crippen LogP contribution >= 0.6 is 0 Å². The van der Waals surface area contributed by atoms with Crippen LogP contribution in [0.3, 0.4) is 0 Å². The van der Waals surface area contributed by atoms with Crippen LogP contribution in [0.25, 0.3) is 0 Å². The van der Waals surface area contributed by atoms with Crippen LogP contribution in [-0.2, 0) is 26.4 Å². The normalized spacial score (nSPS) is 23.1. The van der Waals surface area contributed by atoms with E-state index in [0.29, 0.717) is 24.5 Å². The smallest absolute Gasteiger partial charge is 0.421 e. The van der Waals surface area contributed by atoms with Gasteiger partial charge >= 0.3 is 12.1 Å². The van der Waals surface area contributed by atoms with E-state index in [1.165, 1.54) is 0 Å². The standard InChI is InChI=1S/C16H20B3F3N6O2/c1-2-23-11-8(15(20,21)22)5-24-13(26-11)25-10-3-9(27-28(10)16(17,18)19)14-4-7(14)6-30-12(14)29/h3,5,7H,2,4,6,17-19H2,1H3,(H2,23,24,25,26)/t7-,14-/m0/s1. The van der Waals surface area contributed by atoms with Crippen molar-refractivity contribution in [3.05, 3.63) is 23.5 Å². The van der Waals surface area contributed by atoms with Gasteiger partial charge in [0.15, 0.2) is 0 Å². The van der Waals surface area contributed by atoms with Crippen LogP contribution in [0.15, 0.2) is 12.3 Å². The maximum Gasteiger partial charge on any atom is 0.421 e. The largest absolute Gasteiger partial charge is 0.465 e. The molecule has 0 amide bonds. The average Bonchev–Trinajstić information content (AvgIpc) is 3.06. The first-order valence-corrected chi connectivity index (χ1v) is 9.70. The van der Waals surface area contributed by atoms with E-state index in [0.717, 1.165) is 6.20 Å². The van der Waals surface area contributed by atoms with Crippen molar-refractivity contribution in [2.75, 3.05) is 23.8 Å². The lowest BCUT2D eigenvalue weighted by Crippen LogP contribution is -2.37. The monoisotopic (exact) mass is 418 g/mol. The topological polar surface area (TPSA) is 94.0 Å². The molecule has 1 aliphatic heterocycles. The Kier molecular flexibility index (Phi) is 4.59. The van der Waals surface area contributed by atoms with Crippen molar-refractivity contribution in [3.8, 4) is 0 Å². The Hall–Kier alpha value is -2.66. The third-order valence-corrected chi connectivity index (χ3v) is 5.37. The fraction of sp³-hybridized carbons (Fsp3) is 0.500. The number of carbonyl (C=O) groups is 1. The van der Waals surface area contributed by atoms with Crippen molar-refractivity contribution >= 4 is 47.1 Å². The lowest BCUT2D eigenvalue weighted by atomic mass is 9.49. The number of ether oxygens (including phenoxy) is 1. The summed E-state index contributed by atoms with van der Waals surface area (Å²) in [7, 11) is 5.80. The van der Waals surface area contributed by atoms with E-state index < -0.39 is 22.4 Å². The highest BCUT2D eigenvalue weighted by molar-refractivity contribution is 6.56. The molecular formula is C16H20B3F3N6O2. The van der Waals surface area contributed by atoms with Crippen LogP contribution in [0, 0.1) is 5.92 Å². The SMILES string of the molecule is BC(B)(B)n1nc([C@]23C[C@H]2COC3=O)cc1Nc1ncc(C(F)(F)F)c(NCC)n1. The summed E-state index contributed by atoms with van der Waals surface area (Å²) in [6.07, 6.45) is -3.14. The summed E-state index contributed by atoms with van der Waals surface area (Å²) in [6, 6.07) is 1.73. The molecule has 2 aromatic rings. The minimum absolute atomic E-state index is 0.00487. The third-order valence-electron chi connectivity index (χ3n) is 5.37. The number of esters is 1. The van der Waals surface area contributed by atoms with Gasteiger partial charge in [-0.3, -0.25) is 9.48 Å². The third kappa shape index (κ3) is 3.31. The van der Waals surface area contributed by atoms with Crippen molar-refractivity contribution < 1.29 is 22.7 Å². The van der Waals surface area contributed by atoms with Crippen LogP contribution in [0.1, 0.15) is 24.6 Å². The first-order valence-electron chi connectivity index (χ1n) is 9.70. The molecule has 30 heavy (non-hydrogen) atoms. The summed E-state index contributed by atoms with van der Waals surface area (Å²) in [4.78, 5) is 20.1. The number of fused-ring (bicyclic) bond motifs is 1. The predicted molar refractivity (Wildman–Crippen MR) is 111 cm³/mol. The summed E-state index contributed by atoms with van der Waals surface area (Å²) in [5.74, 6) is 0.0145. The van der Waals surface area contributed by atoms with E-state index in [-0.39, 0.29) is 30.2 Å². The van der Waals surface area contributed by atoms with Crippen molar-refractivity contribution in [3.63, 3.8) is 0 Å². The molecule has 8 nitrogen and oxygen atoms in total. The summed E-state index contributed by atoms with van der Waals surface area (Å²) < 4.78 is 46.5. The number of anilines is 3. The summed E-state index contributed by atoms with van der Waals surface area (Å²) in [5, 5.41) is 9.78. The fourth-order valence-electron chi connectivity index (χ4n) is 3.77. The molecule has 14 heteroatoms. The number of nitrogens with zero attached hydrogens (tertiary/aromatic N) is 4. The highest BCUT2D eigenvalue weighted by atomic mass is 19.4. The van der Waals surface area contributed by atoms with Gasteiger partial charge in [0, 0.05) is 24.7 Å². The highest BCUT2D eigenvalue weighted by Gasteiger charge is 2.68. The van der Waals surface area contributed by atoms with Crippen LogP contribution in [-0.4, -0.2) is 62.4 Å². The van der Waals surface area contributed by atoms with Crippen LogP contribution in [0.2, 0.25) is 0 Å². The Bertz CT molecular complexity index is 1010. The zero-order valence-corrected chi connectivity index (χ0v) is 17.1. The zero-order valence-electron chi connectivity index (χ0n) is 17.1. The van der Waals surface area contributed by atoms with Crippen LogP contribution in [0.4, 0.5) is 30.8 Å². The highest BCUT2D eigenvalue weighted by Crippen LogP contribution is 2.59. The summed E-state index contributed by atoms with van der Waals surface area (Å²) in [6.45, 7) is 2.34. The minimum atomic E-state index is -4.57. The van der Waals surface area contributed by atoms with E-state index in [1.54, 1.807) is 17.7 Å². The second-order valence-corrected chi connectivity index (χ2v) is 8.58. The molecule has 1 saturated heterocycles. The van der Waals surface area contributed by atoms with E-state index in [4.69, 9.17) is 4.74 Å². The Labute approximate surface area is 173 Å². The number of carbonyl (C=O) groups excluding carboxylic acids is 1. The number of hydrogen-bond acceptors (Lipinski definition) is 7. The molecular weight excluding hydrogens is 398 g/mol. The Morgan fingerprint density at radius 3 is 2.63 bits per heavy atom. The van der Waals surface area contributed by atoms with Gasteiger partial charge in [-0.15, -0.1) is 0 Å². The first-order chi connectivity index (χ1) is 14.0. The molecule has 3 heterocycles. The molecule has 0 unspecified atom stereocenters. The van der Waals surface area contributed by atoms with Crippen LogP contribution < -0.4 is 10.6 Å². The van der Waals surface area contributed by atoms with Gasteiger partial charge in [-0.05, 0) is 18.6 Å². The predicted octanol–water partition coefficient (Wildman–Crippen LogP) is -0.851. The van der Waals surface area contributed by atoms with Gasteiger partial charge in [0.1, 0.15) is 46.2 Å². The van der Waals surface area contributed by atoms with Gasteiger partial charge in [-0.2, -0.15) is 23.3 Å². The number of hydrogen-bond donors (Lipinski definition) is 2. The molecule has 1 saturated carbocycles. The summed E-state index contributed by atoms with van der Waals surface area (Å²) in [5.41, 5.74) is -1.07. The van der Waals surface area contributed by atoms with Crippen molar-refractivity contribution in [2.45, 2.75) is 30.2 Å². The van der Waals surface area contributed by atoms with Gasteiger partial charge in [0.05, 0.1) is 12.3 Å². The lowest BCUT2D eigenvalue weighted by Gasteiger charge is -2.23. The number of alkyl halides is 3. The Balaban J connectivity index is 1.71. The second-order valence-electron chi connectivity index (χ2n) is 8.58. The number of halogens is 3. The van der Waals surface area contributed by atoms with Gasteiger partial charge in [-0.1, -0.05) is 0 Å². The molecule has 2 aromatic heterocycles. The van der Waals surface area contributed by atoms with Gasteiger partial charge in [-0.25, -0.2) is 4.98 Å². The zero-order chi connectivity index (χ0) is 21.9. The molecule has 2 atom stereocenters. The number of cyclic esters (lactones) is 1. The molecule has 156 valence electrons. The lowest BCUT2D eigenvalue weighted by molar-refractivity contribution is -0.142. The van der Waals surface area contributed by atoms with Crippen molar-refractivity contribution in [1.29, 1.82) is 0 Å². The van der Waals surface area contributed by atoms with Crippen molar-refractivity contribution in [2.24, 2.45) is 5.92 Å². The quantitative estimate of drug-likeness (QED) is 0.467. The Morgan fingerprint density at radius 1 is 1.37 bits per heavy atom. The molecule has 2 N–H and O–H groups in total. The molecule has 2 fully saturated rings. The van der Waals surface area contributed by atoms with E-state index >= 15 is 0 Å². The maximum absolute atomic E-state index is 13.2. The van der Waals surface area contributed by atoms with Crippen molar-refractivity contribution in [1.82, 2.24) is 19.7 Å². The molecule has 2 aliphatic rings. The molecule has 0 bridgehead atoms. The van der Waals surface area contributed by atoms with Crippen LogP contribution in [0.5, 0.6) is 0 Å². The van der Waals surface area contributed by atoms with E-state index in [1.807, 2.05) is 23.5 Å². The van der Waals surface area contributed by atoms with Gasteiger partial charge in [0.25, 0.3) is 0 Å². The van der Waals surface area contributed by atoms with E-state index in [2.05, 4.69) is 25.7 Å². The molecule has 4 rings (SSSR count). The molecule has 1 aliphatic carbocycles. The molecule has 0 radical (unpaired) electrons. The maximum atomic E-state index is 13.2. The first kappa shape index (κ1) is 20.6. The van der Waals surface area contributed by atoms with Gasteiger partial charge in [0.2, 0.25) is 5.95 Å². The molecule has 0 spiro atoms. The minimum Gasteiger partial charge on any atom is -0.465 e. The fourth-order valence-corrected chi connectivity index (χ4v) is 3.77.